The molecule has 2 bridgehead atoms. The number of aliphatic hydroxyl groups is 2. The van der Waals surface area contributed by atoms with Gasteiger partial charge in [-0.1, -0.05) is 43.4 Å². The van der Waals surface area contributed by atoms with Gasteiger partial charge in [-0.15, -0.1) is 5.10 Å². The van der Waals surface area contributed by atoms with E-state index < -0.39 is 22.7 Å². The Balaban J connectivity index is 1.51. The standard InChI is InChI=1S/C23H27N3O4/c1-11-12-4-5-13-21-10-30-23(29,22(13)16(12)15(11)18(22)27)19(28)17(21)20(2,3)7-6-14(21)26-9-8-24-25-26/h6-9,12-17,19,28-29H,1,4-5,10H2,2-3H3/t12-,13-,14+,15?,16-,17+,19-,21+,22+,23+/m0/s1. The molecule has 1 aromatic rings. The number of nitrogens with zero attached hydrogens (tertiary/aromatic N) is 3. The van der Waals surface area contributed by atoms with Crippen molar-refractivity contribution in [2.75, 3.05) is 6.61 Å². The highest BCUT2D eigenvalue weighted by molar-refractivity contribution is 6.01. The first-order valence-electron chi connectivity index (χ1n) is 11.1. The highest BCUT2D eigenvalue weighted by Crippen LogP contribution is 2.84. The van der Waals surface area contributed by atoms with Gasteiger partial charge in [-0.25, -0.2) is 4.68 Å². The molecule has 2 spiro atoms. The maximum atomic E-state index is 13.7. The predicted molar refractivity (Wildman–Crippen MR) is 105 cm³/mol. The van der Waals surface area contributed by atoms with Crippen molar-refractivity contribution in [2.45, 2.75) is 44.6 Å². The molecule has 7 heteroatoms. The lowest BCUT2D eigenvalue weighted by Crippen LogP contribution is -2.91. The fraction of sp³-hybridized carbons (Fsp3) is 0.696. The highest BCUT2D eigenvalue weighted by atomic mass is 16.6. The minimum Gasteiger partial charge on any atom is -0.387 e. The lowest BCUT2D eigenvalue weighted by Gasteiger charge is -2.82. The summed E-state index contributed by atoms with van der Waals surface area (Å²) in [6.45, 7) is 8.68. The Hall–Kier alpha value is -1.83. The van der Waals surface area contributed by atoms with Crippen molar-refractivity contribution in [3.05, 3.63) is 36.7 Å². The van der Waals surface area contributed by atoms with Crippen molar-refractivity contribution in [1.29, 1.82) is 0 Å². The lowest BCUT2D eigenvalue weighted by molar-refractivity contribution is -0.465. The molecule has 4 saturated carbocycles. The summed E-state index contributed by atoms with van der Waals surface area (Å²) in [5.41, 5.74) is -0.935. The van der Waals surface area contributed by atoms with Gasteiger partial charge in [0, 0.05) is 23.4 Å². The number of fused-ring (bicyclic) bond motifs is 1. The number of carbonyl (C=O) groups excluding carboxylic acids is 1. The van der Waals surface area contributed by atoms with Crippen LogP contribution < -0.4 is 0 Å². The lowest BCUT2D eigenvalue weighted by atomic mass is 9.23. The van der Waals surface area contributed by atoms with E-state index in [-0.39, 0.29) is 46.8 Å². The van der Waals surface area contributed by atoms with E-state index in [0.29, 0.717) is 6.61 Å². The van der Waals surface area contributed by atoms with Gasteiger partial charge >= 0.3 is 0 Å². The molecule has 2 N–H and O–H groups in total. The van der Waals surface area contributed by atoms with E-state index in [1.54, 1.807) is 6.20 Å². The third kappa shape index (κ3) is 1.42. The predicted octanol–water partition coefficient (Wildman–Crippen LogP) is 1.51. The fourth-order valence-corrected chi connectivity index (χ4v) is 9.25. The number of ketones is 1. The van der Waals surface area contributed by atoms with E-state index in [4.69, 9.17) is 4.74 Å². The molecule has 2 saturated heterocycles. The zero-order chi connectivity index (χ0) is 20.8. The van der Waals surface area contributed by atoms with Crippen LogP contribution in [0.15, 0.2) is 36.7 Å². The summed E-state index contributed by atoms with van der Waals surface area (Å²) in [7, 11) is 0. The largest absolute Gasteiger partial charge is 0.387 e. The molecule has 7 nitrogen and oxygen atoms in total. The van der Waals surface area contributed by atoms with Crippen LogP contribution in [0.2, 0.25) is 0 Å². The number of aromatic nitrogens is 3. The van der Waals surface area contributed by atoms with Gasteiger partial charge in [-0.2, -0.15) is 0 Å². The maximum absolute atomic E-state index is 13.7. The van der Waals surface area contributed by atoms with Gasteiger partial charge in [0.25, 0.3) is 0 Å². The van der Waals surface area contributed by atoms with Crippen LogP contribution in [0.3, 0.4) is 0 Å². The molecule has 5 aliphatic carbocycles. The Labute approximate surface area is 174 Å². The summed E-state index contributed by atoms with van der Waals surface area (Å²) in [5.74, 6) is -2.05. The van der Waals surface area contributed by atoms with Gasteiger partial charge in [0.2, 0.25) is 5.79 Å². The van der Waals surface area contributed by atoms with E-state index in [0.717, 1.165) is 18.4 Å². The number of aliphatic hydroxyl groups excluding tert-OH is 1. The van der Waals surface area contributed by atoms with Crippen molar-refractivity contribution in [3.63, 3.8) is 0 Å². The molecule has 30 heavy (non-hydrogen) atoms. The molecule has 1 unspecified atom stereocenters. The van der Waals surface area contributed by atoms with Gasteiger partial charge in [0.1, 0.15) is 6.10 Å². The zero-order valence-electron chi connectivity index (χ0n) is 17.2. The first-order chi connectivity index (χ1) is 14.2. The van der Waals surface area contributed by atoms with Gasteiger partial charge in [0.05, 0.1) is 24.3 Å². The first-order valence-corrected chi connectivity index (χ1v) is 11.1. The SMILES string of the molecule is C=C1C2C(=O)[C@]34[C@H]2[C@H]1CC[C@H]3[C@@]12CO[C@]4(O)[C@@H](O)[C@@H]1C(C)(C)C=C[C@H]2n1ccnn1. The molecule has 0 aromatic carbocycles. The molecule has 0 radical (unpaired) electrons. The van der Waals surface area contributed by atoms with Gasteiger partial charge in [0.15, 0.2) is 5.78 Å². The number of Topliss-reactive ketones (excluding diaryl/α,β-unsaturated/α-hetero) is 1. The van der Waals surface area contributed by atoms with Gasteiger partial charge < -0.3 is 14.9 Å². The van der Waals surface area contributed by atoms with Crippen LogP contribution in [0.5, 0.6) is 0 Å². The maximum Gasteiger partial charge on any atom is 0.205 e. The van der Waals surface area contributed by atoms with Crippen LogP contribution in [0.25, 0.3) is 0 Å². The Morgan fingerprint density at radius 2 is 2.13 bits per heavy atom. The van der Waals surface area contributed by atoms with E-state index in [2.05, 4.69) is 42.9 Å². The Morgan fingerprint density at radius 3 is 2.87 bits per heavy atom. The average Bonchev–Trinajstić information content (AvgIpc) is 3.21. The molecule has 3 heterocycles. The minimum absolute atomic E-state index is 0.0273. The van der Waals surface area contributed by atoms with Crippen molar-refractivity contribution in [3.8, 4) is 0 Å². The molecule has 10 atom stereocenters. The van der Waals surface area contributed by atoms with Gasteiger partial charge in [-0.3, -0.25) is 4.79 Å². The number of ether oxygens (including phenoxy) is 1. The second-order valence-electron chi connectivity index (χ2n) is 11.1. The van der Waals surface area contributed by atoms with Crippen molar-refractivity contribution >= 4 is 5.78 Å². The number of rotatable bonds is 1. The number of hydrogen-bond donors (Lipinski definition) is 2. The molecule has 2 aliphatic heterocycles. The minimum atomic E-state index is -1.84. The van der Waals surface area contributed by atoms with Gasteiger partial charge in [-0.05, 0) is 36.0 Å². The smallest absolute Gasteiger partial charge is 0.205 e. The monoisotopic (exact) mass is 409 g/mol. The third-order valence-electron chi connectivity index (χ3n) is 10.1. The molecular formula is C23H27N3O4. The van der Waals surface area contributed by atoms with Crippen LogP contribution in [0.4, 0.5) is 0 Å². The van der Waals surface area contributed by atoms with Crippen LogP contribution in [-0.2, 0) is 9.53 Å². The number of carbonyl (C=O) groups is 1. The summed E-state index contributed by atoms with van der Waals surface area (Å²) in [4.78, 5) is 13.7. The Morgan fingerprint density at radius 1 is 1.33 bits per heavy atom. The average molecular weight is 409 g/mol. The Bertz CT molecular complexity index is 1030. The summed E-state index contributed by atoms with van der Waals surface area (Å²) in [6, 6.07) is -0.189. The molecule has 0 amide bonds. The quantitative estimate of drug-likeness (QED) is 0.683. The highest BCUT2D eigenvalue weighted by Gasteiger charge is 2.91. The molecule has 1 aromatic heterocycles. The van der Waals surface area contributed by atoms with E-state index in [1.165, 1.54) is 0 Å². The summed E-state index contributed by atoms with van der Waals surface area (Å²) in [5, 5.41) is 32.0. The van der Waals surface area contributed by atoms with E-state index in [1.807, 2.05) is 10.9 Å². The molecular weight excluding hydrogens is 382 g/mol. The van der Waals surface area contributed by atoms with Crippen molar-refractivity contribution in [1.82, 2.24) is 15.0 Å². The first kappa shape index (κ1) is 17.8. The molecule has 6 fully saturated rings. The number of hydrogen-bond acceptors (Lipinski definition) is 6. The normalized spacial score (nSPS) is 56.5. The van der Waals surface area contributed by atoms with Crippen LogP contribution in [0, 0.1) is 45.8 Å². The summed E-state index contributed by atoms with van der Waals surface area (Å²) in [6.07, 6.45) is 8.43. The Kier molecular flexibility index (Phi) is 2.86. The summed E-state index contributed by atoms with van der Waals surface area (Å²) >= 11 is 0. The van der Waals surface area contributed by atoms with Crippen LogP contribution in [-0.4, -0.2) is 49.5 Å². The second-order valence-corrected chi connectivity index (χ2v) is 11.1. The molecule has 158 valence electrons. The van der Waals surface area contributed by atoms with Crippen LogP contribution in [0.1, 0.15) is 32.7 Å². The molecule has 7 aliphatic rings. The topological polar surface area (TPSA) is 97.5 Å². The third-order valence-corrected chi connectivity index (χ3v) is 10.1. The van der Waals surface area contributed by atoms with Crippen LogP contribution >= 0.6 is 0 Å². The van der Waals surface area contributed by atoms with Crippen molar-refractivity contribution < 1.29 is 19.7 Å². The van der Waals surface area contributed by atoms with Crippen molar-refractivity contribution in [2.24, 2.45) is 45.8 Å². The fourth-order valence-electron chi connectivity index (χ4n) is 9.25. The number of allylic oxidation sites excluding steroid dienone is 3. The second kappa shape index (κ2) is 4.81. The van der Waals surface area contributed by atoms with E-state index in [9.17, 15) is 15.0 Å². The summed E-state index contributed by atoms with van der Waals surface area (Å²) < 4.78 is 8.02. The van der Waals surface area contributed by atoms with E-state index >= 15 is 0 Å². The zero-order valence-corrected chi connectivity index (χ0v) is 17.2. The molecule has 8 rings (SSSR count).